The third-order valence-corrected chi connectivity index (χ3v) is 4.85. The molecule has 2 atom stereocenters. The fraction of sp³-hybridized carbons (Fsp3) is 0.421. The van der Waals surface area contributed by atoms with Gasteiger partial charge in [0.25, 0.3) is 0 Å². The minimum absolute atomic E-state index is 0.0308. The minimum atomic E-state index is -1.12. The molecule has 0 radical (unpaired) electrons. The predicted molar refractivity (Wildman–Crippen MR) is 93.0 cm³/mol. The van der Waals surface area contributed by atoms with Gasteiger partial charge in [0.1, 0.15) is 11.4 Å². The monoisotopic (exact) mass is 341 g/mol. The van der Waals surface area contributed by atoms with Gasteiger partial charge in [-0.05, 0) is 37.5 Å². The number of aliphatic hydroxyl groups is 1. The van der Waals surface area contributed by atoms with Gasteiger partial charge < -0.3 is 14.7 Å². The Morgan fingerprint density at radius 1 is 1.36 bits per heavy atom. The lowest BCUT2D eigenvalue weighted by molar-refractivity contribution is -0.137. The van der Waals surface area contributed by atoms with E-state index in [-0.39, 0.29) is 18.4 Å². The van der Waals surface area contributed by atoms with Gasteiger partial charge >= 0.3 is 0 Å². The highest BCUT2D eigenvalue weighted by molar-refractivity contribution is 5.79. The number of carbonyl (C=O) groups is 1. The fourth-order valence-electron chi connectivity index (χ4n) is 3.45. The van der Waals surface area contributed by atoms with E-state index in [2.05, 4.69) is 9.97 Å². The van der Waals surface area contributed by atoms with Crippen molar-refractivity contribution in [1.82, 2.24) is 14.9 Å². The van der Waals surface area contributed by atoms with Gasteiger partial charge in [-0.25, -0.2) is 0 Å². The van der Waals surface area contributed by atoms with Crippen molar-refractivity contribution in [2.75, 3.05) is 13.7 Å². The largest absolute Gasteiger partial charge is 0.497 e. The zero-order valence-corrected chi connectivity index (χ0v) is 14.6. The second kappa shape index (κ2) is 7.19. The SMILES string of the molecule is COc1ccc(C(C)(O)C2CCCN2C(=O)Cc2cnccn2)cc1. The summed E-state index contributed by atoms with van der Waals surface area (Å²) in [4.78, 5) is 22.7. The maximum atomic E-state index is 12.7. The van der Waals surface area contributed by atoms with Crippen molar-refractivity contribution in [3.05, 3.63) is 54.1 Å². The van der Waals surface area contributed by atoms with Crippen LogP contribution in [0.2, 0.25) is 0 Å². The molecule has 6 heteroatoms. The molecule has 1 N–H and O–H groups in total. The average Bonchev–Trinajstić information content (AvgIpc) is 3.13. The summed E-state index contributed by atoms with van der Waals surface area (Å²) in [5, 5.41) is 11.2. The van der Waals surface area contributed by atoms with Gasteiger partial charge in [-0.1, -0.05) is 12.1 Å². The van der Waals surface area contributed by atoms with Crippen molar-refractivity contribution in [2.24, 2.45) is 0 Å². The lowest BCUT2D eigenvalue weighted by Gasteiger charge is -2.37. The Morgan fingerprint density at radius 2 is 2.12 bits per heavy atom. The molecular formula is C19H23N3O3. The van der Waals surface area contributed by atoms with E-state index in [0.29, 0.717) is 12.2 Å². The van der Waals surface area contributed by atoms with E-state index in [9.17, 15) is 9.90 Å². The van der Waals surface area contributed by atoms with Gasteiger partial charge in [-0.3, -0.25) is 14.8 Å². The van der Waals surface area contributed by atoms with Crippen LogP contribution in [0.15, 0.2) is 42.9 Å². The summed E-state index contributed by atoms with van der Waals surface area (Å²) in [6.07, 6.45) is 6.61. The molecule has 1 amide bonds. The van der Waals surface area contributed by atoms with Crippen LogP contribution in [0, 0.1) is 0 Å². The molecular weight excluding hydrogens is 318 g/mol. The number of rotatable bonds is 5. The van der Waals surface area contributed by atoms with Crippen molar-refractivity contribution in [3.63, 3.8) is 0 Å². The van der Waals surface area contributed by atoms with Crippen LogP contribution in [0.1, 0.15) is 31.0 Å². The van der Waals surface area contributed by atoms with Crippen LogP contribution >= 0.6 is 0 Å². The molecule has 2 unspecified atom stereocenters. The third kappa shape index (κ3) is 3.64. The molecule has 2 aromatic rings. The zero-order valence-electron chi connectivity index (χ0n) is 14.6. The Balaban J connectivity index is 1.78. The van der Waals surface area contributed by atoms with Crippen LogP contribution in [0.25, 0.3) is 0 Å². The normalized spacial score (nSPS) is 19.5. The highest BCUT2D eigenvalue weighted by Gasteiger charge is 2.42. The summed E-state index contributed by atoms with van der Waals surface area (Å²) >= 11 is 0. The molecule has 2 heterocycles. The second-order valence-electron chi connectivity index (χ2n) is 6.49. The molecule has 25 heavy (non-hydrogen) atoms. The van der Waals surface area contributed by atoms with E-state index >= 15 is 0 Å². The highest BCUT2D eigenvalue weighted by atomic mass is 16.5. The first kappa shape index (κ1) is 17.4. The molecule has 1 aromatic carbocycles. The first-order chi connectivity index (χ1) is 12.0. The molecule has 1 aliphatic heterocycles. The van der Waals surface area contributed by atoms with Gasteiger partial charge in [0.2, 0.25) is 5.91 Å². The van der Waals surface area contributed by atoms with Gasteiger partial charge in [-0.15, -0.1) is 0 Å². The quantitative estimate of drug-likeness (QED) is 0.899. The number of carbonyl (C=O) groups excluding carboxylic acids is 1. The van der Waals surface area contributed by atoms with Gasteiger partial charge in [0, 0.05) is 25.1 Å². The smallest absolute Gasteiger partial charge is 0.229 e. The summed E-state index contributed by atoms with van der Waals surface area (Å²) in [5.74, 6) is 0.707. The standard InChI is InChI=1S/C19H23N3O3/c1-19(24,14-5-7-16(25-2)8-6-14)17-4-3-11-22(17)18(23)12-15-13-20-9-10-21-15/h5-10,13,17,24H,3-4,11-12H2,1-2H3. The maximum absolute atomic E-state index is 12.7. The number of amides is 1. The fourth-order valence-corrected chi connectivity index (χ4v) is 3.45. The molecule has 0 spiro atoms. The van der Waals surface area contributed by atoms with Gasteiger partial charge in [0.05, 0.1) is 25.3 Å². The molecule has 1 saturated heterocycles. The highest BCUT2D eigenvalue weighted by Crippen LogP contribution is 2.35. The number of nitrogens with zero attached hydrogens (tertiary/aromatic N) is 3. The third-order valence-electron chi connectivity index (χ3n) is 4.85. The van der Waals surface area contributed by atoms with Crippen molar-refractivity contribution in [2.45, 2.75) is 37.8 Å². The molecule has 0 bridgehead atoms. The summed E-state index contributed by atoms with van der Waals surface area (Å²) in [6, 6.07) is 7.09. The molecule has 1 aromatic heterocycles. The summed E-state index contributed by atoms with van der Waals surface area (Å²) < 4.78 is 5.17. The van der Waals surface area contributed by atoms with Crippen molar-refractivity contribution < 1.29 is 14.6 Å². The van der Waals surface area contributed by atoms with Crippen molar-refractivity contribution >= 4 is 5.91 Å². The van der Waals surface area contributed by atoms with E-state index in [1.165, 1.54) is 0 Å². The first-order valence-electron chi connectivity index (χ1n) is 8.43. The lowest BCUT2D eigenvalue weighted by Crippen LogP contribution is -2.48. The van der Waals surface area contributed by atoms with Crippen molar-refractivity contribution in [3.8, 4) is 5.75 Å². The molecule has 6 nitrogen and oxygen atoms in total. The number of methoxy groups -OCH3 is 1. The van der Waals surface area contributed by atoms with Crippen LogP contribution in [0.3, 0.4) is 0 Å². The number of hydrogen-bond donors (Lipinski definition) is 1. The number of aromatic nitrogens is 2. The molecule has 0 aliphatic carbocycles. The van der Waals surface area contributed by atoms with Crippen LogP contribution in [0.4, 0.5) is 0 Å². The first-order valence-corrected chi connectivity index (χ1v) is 8.43. The van der Waals surface area contributed by atoms with E-state index in [1.54, 1.807) is 37.5 Å². The minimum Gasteiger partial charge on any atom is -0.497 e. The number of benzene rings is 1. The van der Waals surface area contributed by atoms with Crippen LogP contribution in [-0.2, 0) is 16.8 Å². The Kier molecular flexibility index (Phi) is 4.99. The molecule has 0 saturated carbocycles. The summed E-state index contributed by atoms with van der Waals surface area (Å²) in [5.41, 5.74) is 0.292. The average molecular weight is 341 g/mol. The Hall–Kier alpha value is -2.47. The van der Waals surface area contributed by atoms with E-state index in [1.807, 2.05) is 24.3 Å². The Morgan fingerprint density at radius 3 is 2.76 bits per heavy atom. The summed E-state index contributed by atoms with van der Waals surface area (Å²) in [6.45, 7) is 2.42. The van der Waals surface area contributed by atoms with Crippen LogP contribution in [0.5, 0.6) is 5.75 Å². The predicted octanol–water partition coefficient (Wildman–Crippen LogP) is 1.93. The van der Waals surface area contributed by atoms with Gasteiger partial charge in [0.15, 0.2) is 0 Å². The van der Waals surface area contributed by atoms with E-state index in [0.717, 1.165) is 24.2 Å². The topological polar surface area (TPSA) is 75.6 Å². The maximum Gasteiger partial charge on any atom is 0.229 e. The van der Waals surface area contributed by atoms with Gasteiger partial charge in [-0.2, -0.15) is 0 Å². The van der Waals surface area contributed by atoms with E-state index < -0.39 is 5.60 Å². The summed E-state index contributed by atoms with van der Waals surface area (Å²) in [7, 11) is 1.61. The Labute approximate surface area is 147 Å². The van der Waals surface area contributed by atoms with Crippen molar-refractivity contribution in [1.29, 1.82) is 0 Å². The van der Waals surface area contributed by atoms with Crippen LogP contribution in [-0.4, -0.2) is 45.6 Å². The number of ether oxygens (including phenoxy) is 1. The number of hydrogen-bond acceptors (Lipinski definition) is 5. The van der Waals surface area contributed by atoms with Crippen LogP contribution < -0.4 is 4.74 Å². The van der Waals surface area contributed by atoms with E-state index in [4.69, 9.17) is 4.74 Å². The molecule has 132 valence electrons. The Bertz CT molecular complexity index is 716. The molecule has 1 fully saturated rings. The second-order valence-corrected chi connectivity index (χ2v) is 6.49. The molecule has 3 rings (SSSR count). The lowest BCUT2D eigenvalue weighted by atomic mass is 9.86. The molecule has 1 aliphatic rings. The zero-order chi connectivity index (χ0) is 17.9. The number of likely N-dealkylation sites (tertiary alicyclic amines) is 1.